The SMILES string of the molecule is O=C(NCC1CCCO1)c1cccc2cn[nH]c12. The maximum atomic E-state index is 12.1. The van der Waals surface area contributed by atoms with E-state index in [9.17, 15) is 4.79 Å². The van der Waals surface area contributed by atoms with Crippen LogP contribution in [0.15, 0.2) is 24.4 Å². The highest BCUT2D eigenvalue weighted by molar-refractivity contribution is 6.05. The Hall–Kier alpha value is -1.88. The van der Waals surface area contributed by atoms with Gasteiger partial charge in [-0.25, -0.2) is 0 Å². The summed E-state index contributed by atoms with van der Waals surface area (Å²) in [5.74, 6) is -0.0830. The van der Waals surface area contributed by atoms with Gasteiger partial charge in [0.25, 0.3) is 5.91 Å². The first-order valence-electron chi connectivity index (χ1n) is 6.16. The van der Waals surface area contributed by atoms with Crippen molar-refractivity contribution in [2.45, 2.75) is 18.9 Å². The van der Waals surface area contributed by atoms with Crippen molar-refractivity contribution in [3.05, 3.63) is 30.0 Å². The van der Waals surface area contributed by atoms with Crippen molar-refractivity contribution in [3.8, 4) is 0 Å². The molecule has 0 saturated carbocycles. The molecule has 0 aliphatic carbocycles. The number of amides is 1. The molecule has 1 aliphatic heterocycles. The van der Waals surface area contributed by atoms with Gasteiger partial charge in [0.2, 0.25) is 0 Å². The molecular weight excluding hydrogens is 230 g/mol. The van der Waals surface area contributed by atoms with Crippen molar-refractivity contribution < 1.29 is 9.53 Å². The van der Waals surface area contributed by atoms with Crippen LogP contribution in [0.3, 0.4) is 0 Å². The van der Waals surface area contributed by atoms with Crippen molar-refractivity contribution in [3.63, 3.8) is 0 Å². The number of benzene rings is 1. The van der Waals surface area contributed by atoms with Crippen LogP contribution in [0.4, 0.5) is 0 Å². The summed E-state index contributed by atoms with van der Waals surface area (Å²) < 4.78 is 5.48. The molecule has 1 atom stereocenters. The number of hydrogen-bond donors (Lipinski definition) is 2. The van der Waals surface area contributed by atoms with Crippen LogP contribution in [0.5, 0.6) is 0 Å². The largest absolute Gasteiger partial charge is 0.376 e. The van der Waals surface area contributed by atoms with Crippen molar-refractivity contribution in [1.29, 1.82) is 0 Å². The zero-order valence-corrected chi connectivity index (χ0v) is 9.98. The second-order valence-corrected chi connectivity index (χ2v) is 4.48. The number of para-hydroxylation sites is 1. The number of nitrogens with zero attached hydrogens (tertiary/aromatic N) is 1. The molecule has 1 fully saturated rings. The predicted octanol–water partition coefficient (Wildman–Crippen LogP) is 1.47. The van der Waals surface area contributed by atoms with Crippen LogP contribution in [-0.2, 0) is 4.74 Å². The summed E-state index contributed by atoms with van der Waals surface area (Å²) >= 11 is 0. The molecule has 2 heterocycles. The molecule has 1 aromatic heterocycles. The van der Waals surface area contributed by atoms with Gasteiger partial charge >= 0.3 is 0 Å². The molecule has 0 bridgehead atoms. The lowest BCUT2D eigenvalue weighted by Gasteiger charge is -2.11. The smallest absolute Gasteiger partial charge is 0.253 e. The molecule has 2 N–H and O–H groups in total. The zero-order valence-electron chi connectivity index (χ0n) is 9.98. The first kappa shape index (κ1) is 11.2. The van der Waals surface area contributed by atoms with Crippen LogP contribution in [0, 0.1) is 0 Å². The monoisotopic (exact) mass is 245 g/mol. The Kier molecular flexibility index (Phi) is 2.98. The average Bonchev–Trinajstić information content (AvgIpc) is 3.05. The highest BCUT2D eigenvalue weighted by Gasteiger charge is 2.17. The van der Waals surface area contributed by atoms with E-state index in [1.807, 2.05) is 12.1 Å². The molecule has 1 saturated heterocycles. The van der Waals surface area contributed by atoms with E-state index in [1.54, 1.807) is 12.3 Å². The third-order valence-corrected chi connectivity index (χ3v) is 3.24. The average molecular weight is 245 g/mol. The number of H-pyrrole nitrogens is 1. The van der Waals surface area contributed by atoms with Crippen molar-refractivity contribution in [2.75, 3.05) is 13.2 Å². The van der Waals surface area contributed by atoms with Gasteiger partial charge in [-0.15, -0.1) is 0 Å². The number of carbonyl (C=O) groups is 1. The van der Waals surface area contributed by atoms with E-state index in [-0.39, 0.29) is 12.0 Å². The van der Waals surface area contributed by atoms with Crippen molar-refractivity contribution in [1.82, 2.24) is 15.5 Å². The number of ether oxygens (including phenoxy) is 1. The summed E-state index contributed by atoms with van der Waals surface area (Å²) in [5, 5.41) is 10.7. The van der Waals surface area contributed by atoms with E-state index >= 15 is 0 Å². The molecule has 5 nitrogen and oxygen atoms in total. The molecule has 18 heavy (non-hydrogen) atoms. The summed E-state index contributed by atoms with van der Waals surface area (Å²) in [6, 6.07) is 5.58. The van der Waals surface area contributed by atoms with E-state index in [1.165, 1.54) is 0 Å². The normalized spacial score (nSPS) is 19.2. The fourth-order valence-corrected chi connectivity index (χ4v) is 2.27. The first-order chi connectivity index (χ1) is 8.84. The Morgan fingerprint density at radius 1 is 1.56 bits per heavy atom. The van der Waals surface area contributed by atoms with E-state index < -0.39 is 0 Å². The van der Waals surface area contributed by atoms with Crippen molar-refractivity contribution in [2.24, 2.45) is 0 Å². The lowest BCUT2D eigenvalue weighted by atomic mass is 10.1. The fourth-order valence-electron chi connectivity index (χ4n) is 2.27. The molecule has 2 aromatic rings. The lowest BCUT2D eigenvalue weighted by molar-refractivity contribution is 0.0859. The Morgan fingerprint density at radius 2 is 2.50 bits per heavy atom. The first-order valence-corrected chi connectivity index (χ1v) is 6.16. The van der Waals surface area contributed by atoms with E-state index in [2.05, 4.69) is 15.5 Å². The Labute approximate surface area is 105 Å². The van der Waals surface area contributed by atoms with Gasteiger partial charge in [0.15, 0.2) is 0 Å². The van der Waals surface area contributed by atoms with Crippen LogP contribution in [-0.4, -0.2) is 35.4 Å². The Balaban J connectivity index is 1.73. The van der Waals surface area contributed by atoms with Gasteiger partial charge in [0.05, 0.1) is 23.4 Å². The molecule has 0 radical (unpaired) electrons. The lowest BCUT2D eigenvalue weighted by Crippen LogP contribution is -2.31. The summed E-state index contributed by atoms with van der Waals surface area (Å²) in [6.07, 6.45) is 3.98. The van der Waals surface area contributed by atoms with E-state index in [4.69, 9.17) is 4.74 Å². The number of hydrogen-bond acceptors (Lipinski definition) is 3. The standard InChI is InChI=1S/C13H15N3O2/c17-13(14-8-10-4-2-6-18-10)11-5-1-3-9-7-15-16-12(9)11/h1,3,5,7,10H,2,4,6,8H2,(H,14,17)(H,15,16). The topological polar surface area (TPSA) is 67.0 Å². The molecule has 1 unspecified atom stereocenters. The quantitative estimate of drug-likeness (QED) is 0.860. The van der Waals surface area contributed by atoms with Gasteiger partial charge in [-0.1, -0.05) is 12.1 Å². The molecular formula is C13H15N3O2. The van der Waals surface area contributed by atoms with E-state index in [0.717, 1.165) is 30.4 Å². The third kappa shape index (κ3) is 2.09. The second-order valence-electron chi connectivity index (χ2n) is 4.48. The highest BCUT2D eigenvalue weighted by atomic mass is 16.5. The van der Waals surface area contributed by atoms with Gasteiger partial charge < -0.3 is 10.1 Å². The van der Waals surface area contributed by atoms with Crippen LogP contribution in [0.1, 0.15) is 23.2 Å². The Morgan fingerprint density at radius 3 is 3.33 bits per heavy atom. The van der Waals surface area contributed by atoms with Crippen LogP contribution < -0.4 is 5.32 Å². The summed E-state index contributed by atoms with van der Waals surface area (Å²) in [6.45, 7) is 1.38. The number of carbonyl (C=O) groups excluding carboxylic acids is 1. The third-order valence-electron chi connectivity index (χ3n) is 3.24. The number of aromatic amines is 1. The molecule has 0 spiro atoms. The van der Waals surface area contributed by atoms with Gasteiger partial charge in [-0.05, 0) is 18.9 Å². The summed E-state index contributed by atoms with van der Waals surface area (Å²) in [7, 11) is 0. The number of nitrogens with one attached hydrogen (secondary N) is 2. The van der Waals surface area contributed by atoms with Crippen molar-refractivity contribution >= 4 is 16.8 Å². The zero-order chi connectivity index (χ0) is 12.4. The van der Waals surface area contributed by atoms with Gasteiger partial charge in [0.1, 0.15) is 0 Å². The molecule has 94 valence electrons. The van der Waals surface area contributed by atoms with Crippen LogP contribution in [0.2, 0.25) is 0 Å². The summed E-state index contributed by atoms with van der Waals surface area (Å²) in [4.78, 5) is 12.1. The molecule has 3 rings (SSSR count). The molecule has 5 heteroatoms. The molecule has 1 amide bonds. The predicted molar refractivity (Wildman–Crippen MR) is 67.4 cm³/mol. The minimum atomic E-state index is -0.0830. The van der Waals surface area contributed by atoms with E-state index in [0.29, 0.717) is 12.1 Å². The van der Waals surface area contributed by atoms with Gasteiger partial charge in [0, 0.05) is 18.5 Å². The second kappa shape index (κ2) is 4.78. The number of fused-ring (bicyclic) bond motifs is 1. The summed E-state index contributed by atoms with van der Waals surface area (Å²) in [5.41, 5.74) is 1.41. The fraction of sp³-hybridized carbons (Fsp3) is 0.385. The van der Waals surface area contributed by atoms with Crippen LogP contribution >= 0.6 is 0 Å². The van der Waals surface area contributed by atoms with Crippen LogP contribution in [0.25, 0.3) is 10.9 Å². The Bertz CT molecular complexity index is 558. The molecule has 1 aliphatic rings. The number of aromatic nitrogens is 2. The van der Waals surface area contributed by atoms with Gasteiger partial charge in [-0.3, -0.25) is 9.89 Å². The minimum absolute atomic E-state index is 0.0830. The maximum absolute atomic E-state index is 12.1. The highest BCUT2D eigenvalue weighted by Crippen LogP contribution is 2.16. The van der Waals surface area contributed by atoms with Gasteiger partial charge in [-0.2, -0.15) is 5.10 Å². The number of rotatable bonds is 3. The minimum Gasteiger partial charge on any atom is -0.376 e. The molecule has 1 aromatic carbocycles. The maximum Gasteiger partial charge on any atom is 0.253 e.